The first kappa shape index (κ1) is 19.3. The second kappa shape index (κ2) is 8.47. The highest BCUT2D eigenvalue weighted by Gasteiger charge is 2.18. The number of carbonyl (C=O) groups excluding carboxylic acids is 2. The van der Waals surface area contributed by atoms with Crippen molar-refractivity contribution >= 4 is 28.5 Å². The number of aromatic nitrogens is 2. The van der Waals surface area contributed by atoms with E-state index in [9.17, 15) is 14.4 Å². The number of ether oxygens (including phenoxy) is 1. The standard InChI is InChI=1S/C21H21N3O4/c1-13-7-9-15(10-8-13)22-20(26)14(2)28-19(25)12-11-18-23-17-6-4-3-5-16(17)21(27)24-18/h3-10,14H,11-12H2,1-2H3,(H,22,26)(H,23,24,27)/t14-/m0/s1. The molecule has 0 aliphatic rings. The molecule has 0 spiro atoms. The summed E-state index contributed by atoms with van der Waals surface area (Å²) in [6.45, 7) is 3.46. The molecule has 0 fully saturated rings. The predicted octanol–water partition coefficient (Wildman–Crippen LogP) is 2.73. The van der Waals surface area contributed by atoms with Crippen molar-refractivity contribution in [3.8, 4) is 0 Å². The summed E-state index contributed by atoms with van der Waals surface area (Å²) in [6, 6.07) is 14.3. The molecule has 1 aromatic heterocycles. The summed E-state index contributed by atoms with van der Waals surface area (Å²) in [4.78, 5) is 43.3. The highest BCUT2D eigenvalue weighted by molar-refractivity contribution is 5.95. The lowest BCUT2D eigenvalue weighted by molar-refractivity contribution is -0.153. The number of benzene rings is 2. The molecule has 0 bridgehead atoms. The largest absolute Gasteiger partial charge is 0.453 e. The third kappa shape index (κ3) is 4.82. The highest BCUT2D eigenvalue weighted by atomic mass is 16.5. The minimum absolute atomic E-state index is 0.00340. The fourth-order valence-electron chi connectivity index (χ4n) is 2.66. The van der Waals surface area contributed by atoms with Crippen LogP contribution in [0, 0.1) is 6.92 Å². The molecule has 0 radical (unpaired) electrons. The number of H-pyrrole nitrogens is 1. The van der Waals surface area contributed by atoms with E-state index in [1.54, 1.807) is 36.4 Å². The van der Waals surface area contributed by atoms with Gasteiger partial charge in [0.25, 0.3) is 11.5 Å². The molecule has 3 rings (SSSR count). The van der Waals surface area contributed by atoms with Crippen molar-refractivity contribution in [3.63, 3.8) is 0 Å². The lowest BCUT2D eigenvalue weighted by Crippen LogP contribution is -2.30. The number of carbonyl (C=O) groups is 2. The van der Waals surface area contributed by atoms with Crippen LogP contribution < -0.4 is 10.9 Å². The number of hydrogen-bond donors (Lipinski definition) is 2. The van der Waals surface area contributed by atoms with Gasteiger partial charge in [-0.1, -0.05) is 29.8 Å². The smallest absolute Gasteiger partial charge is 0.307 e. The molecule has 0 saturated carbocycles. The molecule has 1 amide bonds. The second-order valence-electron chi connectivity index (χ2n) is 6.52. The van der Waals surface area contributed by atoms with Gasteiger partial charge in [-0.2, -0.15) is 0 Å². The van der Waals surface area contributed by atoms with Gasteiger partial charge >= 0.3 is 5.97 Å². The number of aromatic amines is 1. The Hall–Kier alpha value is -3.48. The Bertz CT molecular complexity index is 1060. The number of fused-ring (bicyclic) bond motifs is 1. The molecular weight excluding hydrogens is 358 g/mol. The monoisotopic (exact) mass is 379 g/mol. The second-order valence-corrected chi connectivity index (χ2v) is 6.52. The number of amides is 1. The minimum atomic E-state index is -0.933. The Kier molecular flexibility index (Phi) is 5.84. The lowest BCUT2D eigenvalue weighted by Gasteiger charge is -2.13. The van der Waals surface area contributed by atoms with Gasteiger partial charge in [-0.25, -0.2) is 4.98 Å². The van der Waals surface area contributed by atoms with Crippen LogP contribution in [0.25, 0.3) is 10.9 Å². The van der Waals surface area contributed by atoms with Crippen LogP contribution in [0.4, 0.5) is 5.69 Å². The van der Waals surface area contributed by atoms with Crippen molar-refractivity contribution in [2.45, 2.75) is 32.8 Å². The van der Waals surface area contributed by atoms with Crippen molar-refractivity contribution < 1.29 is 14.3 Å². The van der Waals surface area contributed by atoms with E-state index in [1.807, 2.05) is 19.1 Å². The fourth-order valence-corrected chi connectivity index (χ4v) is 2.66. The zero-order valence-electron chi connectivity index (χ0n) is 15.7. The van der Waals surface area contributed by atoms with E-state index in [2.05, 4.69) is 15.3 Å². The number of aryl methyl sites for hydroxylation is 2. The van der Waals surface area contributed by atoms with Crippen molar-refractivity contribution in [2.75, 3.05) is 5.32 Å². The fraction of sp³-hybridized carbons (Fsp3) is 0.238. The summed E-state index contributed by atoms with van der Waals surface area (Å²) in [6.07, 6.45) is -0.716. The van der Waals surface area contributed by atoms with E-state index < -0.39 is 18.0 Å². The number of anilines is 1. The summed E-state index contributed by atoms with van der Waals surface area (Å²) < 4.78 is 5.18. The zero-order valence-corrected chi connectivity index (χ0v) is 15.7. The molecular formula is C21H21N3O4. The Morgan fingerprint density at radius 3 is 2.61 bits per heavy atom. The maximum Gasteiger partial charge on any atom is 0.307 e. The maximum absolute atomic E-state index is 12.2. The van der Waals surface area contributed by atoms with Gasteiger partial charge in [0, 0.05) is 12.1 Å². The average molecular weight is 379 g/mol. The van der Waals surface area contributed by atoms with E-state index in [-0.39, 0.29) is 18.4 Å². The third-order valence-corrected chi connectivity index (χ3v) is 4.22. The van der Waals surface area contributed by atoms with Crippen LogP contribution >= 0.6 is 0 Å². The lowest BCUT2D eigenvalue weighted by atomic mass is 10.2. The molecule has 144 valence electrons. The Labute approximate surface area is 161 Å². The van der Waals surface area contributed by atoms with Gasteiger partial charge in [-0.3, -0.25) is 14.4 Å². The third-order valence-electron chi connectivity index (χ3n) is 4.22. The molecule has 0 unspecified atom stereocenters. The van der Waals surface area contributed by atoms with E-state index in [0.29, 0.717) is 22.4 Å². The Morgan fingerprint density at radius 1 is 1.14 bits per heavy atom. The van der Waals surface area contributed by atoms with Crippen LogP contribution in [0.2, 0.25) is 0 Å². The van der Waals surface area contributed by atoms with Crippen LogP contribution in [-0.2, 0) is 20.7 Å². The van der Waals surface area contributed by atoms with E-state index >= 15 is 0 Å². The van der Waals surface area contributed by atoms with Gasteiger partial charge in [0.1, 0.15) is 5.82 Å². The molecule has 1 heterocycles. The average Bonchev–Trinajstić information content (AvgIpc) is 2.68. The van der Waals surface area contributed by atoms with Crippen molar-refractivity contribution in [1.29, 1.82) is 0 Å². The summed E-state index contributed by atoms with van der Waals surface area (Å²) in [5.74, 6) is -0.547. The van der Waals surface area contributed by atoms with Crippen LogP contribution in [0.1, 0.15) is 24.7 Å². The predicted molar refractivity (Wildman–Crippen MR) is 106 cm³/mol. The van der Waals surface area contributed by atoms with Crippen molar-refractivity contribution in [3.05, 3.63) is 70.3 Å². The van der Waals surface area contributed by atoms with Crippen LogP contribution in [0.15, 0.2) is 53.3 Å². The van der Waals surface area contributed by atoms with Gasteiger partial charge in [0.05, 0.1) is 17.3 Å². The Balaban J connectivity index is 1.54. The Morgan fingerprint density at radius 2 is 1.86 bits per heavy atom. The molecule has 1 atom stereocenters. The van der Waals surface area contributed by atoms with Crippen molar-refractivity contribution in [2.24, 2.45) is 0 Å². The maximum atomic E-state index is 12.2. The van der Waals surface area contributed by atoms with Crippen LogP contribution in [0.5, 0.6) is 0 Å². The summed E-state index contributed by atoms with van der Waals surface area (Å²) >= 11 is 0. The zero-order chi connectivity index (χ0) is 20.1. The highest BCUT2D eigenvalue weighted by Crippen LogP contribution is 2.10. The summed E-state index contributed by atoms with van der Waals surface area (Å²) in [7, 11) is 0. The molecule has 2 N–H and O–H groups in total. The van der Waals surface area contributed by atoms with E-state index in [1.165, 1.54) is 6.92 Å². The van der Waals surface area contributed by atoms with E-state index in [0.717, 1.165) is 5.56 Å². The number of nitrogens with zero attached hydrogens (tertiary/aromatic N) is 1. The number of nitrogens with one attached hydrogen (secondary N) is 2. The molecule has 28 heavy (non-hydrogen) atoms. The van der Waals surface area contributed by atoms with E-state index in [4.69, 9.17) is 4.74 Å². The number of rotatable bonds is 6. The van der Waals surface area contributed by atoms with Gasteiger partial charge in [0.2, 0.25) is 0 Å². The van der Waals surface area contributed by atoms with Gasteiger partial charge < -0.3 is 15.0 Å². The summed E-state index contributed by atoms with van der Waals surface area (Å²) in [5, 5.41) is 3.20. The number of hydrogen-bond acceptors (Lipinski definition) is 5. The van der Waals surface area contributed by atoms with Crippen LogP contribution in [0.3, 0.4) is 0 Å². The van der Waals surface area contributed by atoms with Gasteiger partial charge in [0.15, 0.2) is 6.10 Å². The minimum Gasteiger partial charge on any atom is -0.453 e. The van der Waals surface area contributed by atoms with Gasteiger partial charge in [-0.05, 0) is 38.1 Å². The topological polar surface area (TPSA) is 101 Å². The molecule has 0 saturated heterocycles. The molecule has 2 aromatic carbocycles. The normalized spacial score (nSPS) is 11.8. The van der Waals surface area contributed by atoms with Gasteiger partial charge in [-0.15, -0.1) is 0 Å². The van der Waals surface area contributed by atoms with Crippen molar-refractivity contribution in [1.82, 2.24) is 9.97 Å². The molecule has 0 aliphatic carbocycles. The molecule has 0 aliphatic heterocycles. The molecule has 7 heteroatoms. The first-order valence-electron chi connectivity index (χ1n) is 8.97. The van der Waals surface area contributed by atoms with Crippen LogP contribution in [-0.4, -0.2) is 27.9 Å². The quantitative estimate of drug-likeness (QED) is 0.641. The number of esters is 1. The first-order chi connectivity index (χ1) is 13.4. The molecule has 7 nitrogen and oxygen atoms in total. The summed E-state index contributed by atoms with van der Waals surface area (Å²) in [5.41, 5.74) is 2.04. The number of para-hydroxylation sites is 1. The first-order valence-corrected chi connectivity index (χ1v) is 8.97. The molecule has 3 aromatic rings. The SMILES string of the molecule is Cc1ccc(NC(=O)[C@H](C)OC(=O)CCc2nc3ccccc3c(=O)[nH]2)cc1.